The van der Waals surface area contributed by atoms with Crippen molar-refractivity contribution in [2.24, 2.45) is 0 Å². The third-order valence-corrected chi connectivity index (χ3v) is 1.69. The number of nitrogens with one attached hydrogen (secondary N) is 1. The number of aromatic nitrogens is 3. The average Bonchev–Trinajstić information content (AvgIpc) is 2.59. The van der Waals surface area contributed by atoms with Crippen molar-refractivity contribution in [3.63, 3.8) is 0 Å². The van der Waals surface area contributed by atoms with Gasteiger partial charge in [0.25, 0.3) is 0 Å². The van der Waals surface area contributed by atoms with E-state index in [0.717, 1.165) is 0 Å². The highest BCUT2D eigenvalue weighted by Crippen LogP contribution is 2.12. The Bertz CT molecular complexity index is 508. The smallest absolute Gasteiger partial charge is 0.181 e. The van der Waals surface area contributed by atoms with Crippen molar-refractivity contribution in [2.45, 2.75) is 0 Å². The molecule has 0 amide bonds. The highest BCUT2D eigenvalue weighted by atomic mass is 16.1. The highest BCUT2D eigenvalue weighted by molar-refractivity contribution is 5.93. The second-order valence-corrected chi connectivity index (χ2v) is 2.46. The van der Waals surface area contributed by atoms with Gasteiger partial charge in [-0.25, -0.2) is 4.98 Å². The summed E-state index contributed by atoms with van der Waals surface area (Å²) in [6, 6.07) is 3.52. The number of aldehydes is 1. The van der Waals surface area contributed by atoms with E-state index >= 15 is 0 Å². The number of nitriles is 1. The Morgan fingerprint density at radius 3 is 3.15 bits per heavy atom. The lowest BCUT2D eigenvalue weighted by Crippen LogP contribution is -1.81. The Balaban J connectivity index is 2.80. The monoisotopic (exact) mass is 172 g/mol. The van der Waals surface area contributed by atoms with Crippen LogP contribution < -0.4 is 0 Å². The fourth-order valence-corrected chi connectivity index (χ4v) is 1.07. The number of pyridine rings is 1. The first-order chi connectivity index (χ1) is 6.35. The van der Waals surface area contributed by atoms with Crippen LogP contribution in [0.25, 0.3) is 11.0 Å². The molecule has 2 aromatic heterocycles. The number of hydrogen-bond acceptors (Lipinski definition) is 4. The number of carbonyl (C=O) groups is 1. The summed E-state index contributed by atoms with van der Waals surface area (Å²) >= 11 is 0. The predicted octanol–water partition coefficient (Wildman–Crippen LogP) is 0.642. The molecule has 0 aromatic carbocycles. The normalized spacial score (nSPS) is 9.77. The number of carbonyl (C=O) groups excluding carboxylic acids is 1. The van der Waals surface area contributed by atoms with Crippen LogP contribution in [0.2, 0.25) is 0 Å². The van der Waals surface area contributed by atoms with Crippen LogP contribution in [0.1, 0.15) is 16.1 Å². The van der Waals surface area contributed by atoms with Crippen LogP contribution in [0.3, 0.4) is 0 Å². The molecule has 5 heteroatoms. The van der Waals surface area contributed by atoms with E-state index < -0.39 is 0 Å². The summed E-state index contributed by atoms with van der Waals surface area (Å²) in [5.41, 5.74) is 1.21. The number of H-pyrrole nitrogens is 1. The molecule has 0 aliphatic carbocycles. The van der Waals surface area contributed by atoms with Gasteiger partial charge in [0.15, 0.2) is 11.9 Å². The lowest BCUT2D eigenvalue weighted by Gasteiger charge is -1.88. The van der Waals surface area contributed by atoms with Crippen molar-refractivity contribution in [1.29, 1.82) is 5.26 Å². The Hall–Kier alpha value is -2.22. The highest BCUT2D eigenvalue weighted by Gasteiger charge is 2.05. The van der Waals surface area contributed by atoms with E-state index in [2.05, 4.69) is 15.2 Å². The largest absolute Gasteiger partial charge is 0.296 e. The Kier molecular flexibility index (Phi) is 1.53. The maximum Gasteiger partial charge on any atom is 0.181 e. The van der Waals surface area contributed by atoms with E-state index in [1.165, 1.54) is 6.20 Å². The Morgan fingerprint density at radius 1 is 1.62 bits per heavy atom. The zero-order valence-corrected chi connectivity index (χ0v) is 6.48. The van der Waals surface area contributed by atoms with E-state index in [0.29, 0.717) is 28.6 Å². The second-order valence-electron chi connectivity index (χ2n) is 2.46. The minimum atomic E-state index is 0.347. The van der Waals surface area contributed by atoms with Gasteiger partial charge >= 0.3 is 0 Å². The number of rotatable bonds is 1. The molecule has 0 fully saturated rings. The van der Waals surface area contributed by atoms with Crippen molar-refractivity contribution < 1.29 is 4.79 Å². The minimum absolute atomic E-state index is 0.347. The van der Waals surface area contributed by atoms with Crippen LogP contribution >= 0.6 is 0 Å². The van der Waals surface area contributed by atoms with Crippen molar-refractivity contribution in [2.75, 3.05) is 0 Å². The standard InChI is InChI=1S/C8H4N4O/c9-2-5-1-6-7(4-13)11-12-8(6)10-3-5/h1,3-4H,(H,10,11,12). The van der Waals surface area contributed by atoms with Gasteiger partial charge in [-0.2, -0.15) is 10.4 Å². The van der Waals surface area contributed by atoms with Crippen molar-refractivity contribution in [3.05, 3.63) is 23.5 Å². The van der Waals surface area contributed by atoms with E-state index in [-0.39, 0.29) is 0 Å². The van der Waals surface area contributed by atoms with E-state index in [1.807, 2.05) is 6.07 Å². The molecular formula is C8H4N4O. The molecule has 2 rings (SSSR count). The van der Waals surface area contributed by atoms with Gasteiger partial charge in [-0.3, -0.25) is 9.89 Å². The lowest BCUT2D eigenvalue weighted by molar-refractivity contribution is 0.112. The number of nitrogens with zero attached hydrogens (tertiary/aromatic N) is 3. The van der Waals surface area contributed by atoms with Crippen LogP contribution in [-0.2, 0) is 0 Å². The van der Waals surface area contributed by atoms with Gasteiger partial charge in [-0.05, 0) is 6.07 Å². The summed E-state index contributed by atoms with van der Waals surface area (Å²) in [5.74, 6) is 0. The van der Waals surface area contributed by atoms with Gasteiger partial charge in [0.2, 0.25) is 0 Å². The first kappa shape index (κ1) is 7.43. The van der Waals surface area contributed by atoms with Gasteiger partial charge in [-0.15, -0.1) is 0 Å². The maximum absolute atomic E-state index is 10.5. The first-order valence-electron chi connectivity index (χ1n) is 3.54. The van der Waals surface area contributed by atoms with Gasteiger partial charge in [0.05, 0.1) is 10.9 Å². The second kappa shape index (κ2) is 2.68. The molecule has 0 saturated carbocycles. The molecule has 0 radical (unpaired) electrons. The van der Waals surface area contributed by atoms with Gasteiger partial charge in [-0.1, -0.05) is 0 Å². The summed E-state index contributed by atoms with van der Waals surface area (Å²) in [4.78, 5) is 14.4. The fraction of sp³-hybridized carbons (Fsp3) is 0. The lowest BCUT2D eigenvalue weighted by atomic mass is 10.2. The summed E-state index contributed by atoms with van der Waals surface area (Å²) in [7, 11) is 0. The fourth-order valence-electron chi connectivity index (χ4n) is 1.07. The van der Waals surface area contributed by atoms with Crippen LogP contribution in [-0.4, -0.2) is 21.5 Å². The topological polar surface area (TPSA) is 82.4 Å². The van der Waals surface area contributed by atoms with Gasteiger partial charge in [0.1, 0.15) is 11.8 Å². The molecule has 0 bridgehead atoms. The van der Waals surface area contributed by atoms with Crippen molar-refractivity contribution in [3.8, 4) is 6.07 Å². The molecule has 2 heterocycles. The van der Waals surface area contributed by atoms with Crippen LogP contribution in [0.5, 0.6) is 0 Å². The Labute approximate surface area is 73.0 Å². The summed E-state index contributed by atoms with van der Waals surface area (Å²) in [5, 5.41) is 15.5. The third kappa shape index (κ3) is 1.05. The van der Waals surface area contributed by atoms with E-state index in [4.69, 9.17) is 5.26 Å². The molecule has 0 saturated heterocycles. The van der Waals surface area contributed by atoms with Gasteiger partial charge in [0, 0.05) is 6.20 Å². The van der Waals surface area contributed by atoms with Gasteiger partial charge < -0.3 is 0 Å². The van der Waals surface area contributed by atoms with E-state index in [1.54, 1.807) is 6.07 Å². The Morgan fingerprint density at radius 2 is 2.46 bits per heavy atom. The molecule has 62 valence electrons. The molecule has 2 aromatic rings. The minimum Gasteiger partial charge on any atom is -0.296 e. The molecule has 13 heavy (non-hydrogen) atoms. The van der Waals surface area contributed by atoms with Crippen LogP contribution in [0.4, 0.5) is 0 Å². The molecule has 5 nitrogen and oxygen atoms in total. The quantitative estimate of drug-likeness (QED) is 0.640. The first-order valence-corrected chi connectivity index (χ1v) is 3.54. The molecule has 0 aliphatic heterocycles. The number of aromatic amines is 1. The average molecular weight is 172 g/mol. The van der Waals surface area contributed by atoms with Crippen LogP contribution in [0.15, 0.2) is 12.3 Å². The van der Waals surface area contributed by atoms with E-state index in [9.17, 15) is 4.79 Å². The zero-order valence-electron chi connectivity index (χ0n) is 6.48. The molecule has 0 unspecified atom stereocenters. The van der Waals surface area contributed by atoms with Crippen molar-refractivity contribution in [1.82, 2.24) is 15.2 Å². The SMILES string of the molecule is N#Cc1cnc2n[nH]c(C=O)c2c1. The van der Waals surface area contributed by atoms with Crippen molar-refractivity contribution >= 4 is 17.3 Å². The third-order valence-electron chi connectivity index (χ3n) is 1.69. The maximum atomic E-state index is 10.5. The molecule has 0 aliphatic rings. The number of fused-ring (bicyclic) bond motifs is 1. The zero-order chi connectivity index (χ0) is 9.26. The summed E-state index contributed by atoms with van der Waals surface area (Å²) in [6.07, 6.45) is 2.07. The molecule has 0 atom stereocenters. The molecule has 1 N–H and O–H groups in total. The number of hydrogen-bond donors (Lipinski definition) is 1. The summed E-state index contributed by atoms with van der Waals surface area (Å²) < 4.78 is 0. The molecule has 0 spiro atoms. The molecular weight excluding hydrogens is 168 g/mol. The predicted molar refractivity (Wildman–Crippen MR) is 44.0 cm³/mol. The summed E-state index contributed by atoms with van der Waals surface area (Å²) in [6.45, 7) is 0. The van der Waals surface area contributed by atoms with Crippen LogP contribution in [0, 0.1) is 11.3 Å².